The number of nitrogens with zero attached hydrogens (tertiary/aromatic N) is 1. The first-order valence-electron chi connectivity index (χ1n) is 7.41. The molecule has 1 fully saturated rings. The fraction of sp³-hybridized carbons (Fsp3) is 0.412. The van der Waals surface area contributed by atoms with Gasteiger partial charge in [0.25, 0.3) is 0 Å². The SMILES string of the molecule is CN1CCC2(CC1)OCc1cc(-c3ccoc3)ccc1O2. The average molecular weight is 285 g/mol. The van der Waals surface area contributed by atoms with Gasteiger partial charge in [0.2, 0.25) is 5.79 Å². The number of piperidine rings is 1. The Morgan fingerprint density at radius 3 is 2.71 bits per heavy atom. The molecule has 3 heterocycles. The summed E-state index contributed by atoms with van der Waals surface area (Å²) in [4.78, 5) is 2.31. The van der Waals surface area contributed by atoms with Crippen LogP contribution in [0.5, 0.6) is 5.75 Å². The predicted molar refractivity (Wildman–Crippen MR) is 79.0 cm³/mol. The van der Waals surface area contributed by atoms with Crippen LogP contribution in [0.25, 0.3) is 11.1 Å². The molecule has 4 heteroatoms. The summed E-state index contributed by atoms with van der Waals surface area (Å²) in [5, 5.41) is 0. The van der Waals surface area contributed by atoms with Crippen LogP contribution in [-0.4, -0.2) is 30.8 Å². The Balaban J connectivity index is 1.59. The van der Waals surface area contributed by atoms with Crippen molar-refractivity contribution in [3.8, 4) is 16.9 Å². The smallest absolute Gasteiger partial charge is 0.213 e. The quantitative estimate of drug-likeness (QED) is 0.805. The van der Waals surface area contributed by atoms with Gasteiger partial charge in [-0.15, -0.1) is 0 Å². The van der Waals surface area contributed by atoms with Crippen molar-refractivity contribution in [3.05, 3.63) is 42.4 Å². The van der Waals surface area contributed by atoms with Crippen LogP contribution in [0, 0.1) is 0 Å². The second-order valence-electron chi connectivity index (χ2n) is 5.94. The highest BCUT2D eigenvalue weighted by Gasteiger charge is 2.40. The maximum atomic E-state index is 6.21. The molecule has 21 heavy (non-hydrogen) atoms. The molecule has 2 aliphatic heterocycles. The number of rotatable bonds is 1. The molecule has 4 nitrogen and oxygen atoms in total. The van der Waals surface area contributed by atoms with Crippen LogP contribution in [0.15, 0.2) is 41.2 Å². The van der Waals surface area contributed by atoms with E-state index in [1.165, 1.54) is 0 Å². The van der Waals surface area contributed by atoms with Crippen LogP contribution < -0.4 is 4.74 Å². The first-order valence-corrected chi connectivity index (χ1v) is 7.41. The van der Waals surface area contributed by atoms with Crippen molar-refractivity contribution in [2.45, 2.75) is 25.2 Å². The number of benzene rings is 1. The minimum atomic E-state index is -0.420. The van der Waals surface area contributed by atoms with E-state index in [1.807, 2.05) is 6.07 Å². The summed E-state index contributed by atoms with van der Waals surface area (Å²) in [5.41, 5.74) is 3.32. The molecule has 0 bridgehead atoms. The van der Waals surface area contributed by atoms with E-state index in [2.05, 4.69) is 30.1 Å². The molecule has 0 N–H and O–H groups in total. The lowest BCUT2D eigenvalue weighted by Gasteiger charge is -2.43. The normalized spacial score (nSPS) is 21.0. The largest absolute Gasteiger partial charge is 0.472 e. The van der Waals surface area contributed by atoms with Crippen LogP contribution in [0.1, 0.15) is 18.4 Å². The molecule has 2 aliphatic rings. The van der Waals surface area contributed by atoms with Gasteiger partial charge < -0.3 is 18.8 Å². The van der Waals surface area contributed by atoms with Crippen LogP contribution >= 0.6 is 0 Å². The molecular formula is C17H19NO3. The molecule has 1 saturated heterocycles. The molecule has 4 rings (SSSR count). The molecule has 0 atom stereocenters. The van der Waals surface area contributed by atoms with Gasteiger partial charge in [0.1, 0.15) is 5.75 Å². The van der Waals surface area contributed by atoms with E-state index in [0.29, 0.717) is 6.61 Å². The van der Waals surface area contributed by atoms with Gasteiger partial charge in [0.15, 0.2) is 0 Å². The highest BCUT2D eigenvalue weighted by atomic mass is 16.7. The summed E-state index contributed by atoms with van der Waals surface area (Å²) in [5.74, 6) is 0.537. The van der Waals surface area contributed by atoms with Gasteiger partial charge in [0, 0.05) is 37.1 Å². The zero-order chi connectivity index (χ0) is 14.3. The summed E-state index contributed by atoms with van der Waals surface area (Å²) in [6, 6.07) is 8.23. The molecule has 2 aromatic rings. The van der Waals surface area contributed by atoms with Crippen molar-refractivity contribution in [1.29, 1.82) is 0 Å². The summed E-state index contributed by atoms with van der Waals surface area (Å²) < 4.78 is 17.4. The van der Waals surface area contributed by atoms with Gasteiger partial charge in [-0.2, -0.15) is 0 Å². The zero-order valence-corrected chi connectivity index (χ0v) is 12.2. The second kappa shape index (κ2) is 4.90. The summed E-state index contributed by atoms with van der Waals surface area (Å²) in [7, 11) is 2.14. The molecule has 1 aromatic carbocycles. The lowest BCUT2D eigenvalue weighted by atomic mass is 10.00. The van der Waals surface area contributed by atoms with Crippen molar-refractivity contribution >= 4 is 0 Å². The Bertz CT molecular complexity index is 627. The molecule has 0 unspecified atom stereocenters. The lowest BCUT2D eigenvalue weighted by molar-refractivity contribution is -0.226. The zero-order valence-electron chi connectivity index (χ0n) is 12.2. The van der Waals surface area contributed by atoms with Gasteiger partial charge in [-0.1, -0.05) is 6.07 Å². The average Bonchev–Trinajstić information content (AvgIpc) is 3.04. The van der Waals surface area contributed by atoms with Crippen molar-refractivity contribution in [2.24, 2.45) is 0 Å². The van der Waals surface area contributed by atoms with Gasteiger partial charge in [-0.3, -0.25) is 0 Å². The molecule has 1 spiro atoms. The first kappa shape index (κ1) is 12.9. The number of furan rings is 1. The van der Waals surface area contributed by atoms with Crippen molar-refractivity contribution in [1.82, 2.24) is 4.90 Å². The molecule has 0 saturated carbocycles. The van der Waals surface area contributed by atoms with Gasteiger partial charge in [0.05, 0.1) is 19.1 Å². The minimum absolute atomic E-state index is 0.420. The van der Waals surface area contributed by atoms with Crippen molar-refractivity contribution in [3.63, 3.8) is 0 Å². The van der Waals surface area contributed by atoms with E-state index in [0.717, 1.165) is 48.4 Å². The topological polar surface area (TPSA) is 34.8 Å². The third-order valence-electron chi connectivity index (χ3n) is 4.45. The molecule has 0 radical (unpaired) electrons. The molecule has 0 aliphatic carbocycles. The van der Waals surface area contributed by atoms with Gasteiger partial charge >= 0.3 is 0 Å². The lowest BCUT2D eigenvalue weighted by Crippen LogP contribution is -2.50. The van der Waals surface area contributed by atoms with Crippen molar-refractivity contribution < 1.29 is 13.9 Å². The third kappa shape index (κ3) is 2.34. The minimum Gasteiger partial charge on any atom is -0.472 e. The monoisotopic (exact) mass is 285 g/mol. The predicted octanol–water partition coefficient (Wildman–Crippen LogP) is 3.28. The van der Waals surface area contributed by atoms with E-state index in [1.54, 1.807) is 12.5 Å². The Kier molecular flexibility index (Phi) is 3.01. The second-order valence-corrected chi connectivity index (χ2v) is 5.94. The Morgan fingerprint density at radius 1 is 1.10 bits per heavy atom. The summed E-state index contributed by atoms with van der Waals surface area (Å²) >= 11 is 0. The number of fused-ring (bicyclic) bond motifs is 1. The van der Waals surface area contributed by atoms with E-state index in [-0.39, 0.29) is 0 Å². The fourth-order valence-corrected chi connectivity index (χ4v) is 3.04. The van der Waals surface area contributed by atoms with Gasteiger partial charge in [-0.05, 0) is 30.8 Å². The Hall–Kier alpha value is -1.78. The Labute approximate surface area is 124 Å². The number of ether oxygens (including phenoxy) is 2. The first-order chi connectivity index (χ1) is 10.2. The Morgan fingerprint density at radius 2 is 1.95 bits per heavy atom. The van der Waals surface area contributed by atoms with E-state index in [9.17, 15) is 0 Å². The third-order valence-corrected chi connectivity index (χ3v) is 4.45. The van der Waals surface area contributed by atoms with Crippen LogP contribution in [0.2, 0.25) is 0 Å². The van der Waals surface area contributed by atoms with Crippen LogP contribution in [-0.2, 0) is 11.3 Å². The standard InChI is InChI=1S/C17H19NO3/c1-18-7-5-17(6-8-18)20-12-15-10-13(2-3-16(15)21-17)14-4-9-19-11-14/h2-4,9-11H,5-8,12H2,1H3. The number of hydrogen-bond acceptors (Lipinski definition) is 4. The van der Waals surface area contributed by atoms with Crippen LogP contribution in [0.3, 0.4) is 0 Å². The highest BCUT2D eigenvalue weighted by molar-refractivity contribution is 5.64. The van der Waals surface area contributed by atoms with Crippen molar-refractivity contribution in [2.75, 3.05) is 20.1 Å². The summed E-state index contributed by atoms with van der Waals surface area (Å²) in [6.07, 6.45) is 5.29. The number of likely N-dealkylation sites (tertiary alicyclic amines) is 1. The van der Waals surface area contributed by atoms with Gasteiger partial charge in [-0.25, -0.2) is 0 Å². The number of hydrogen-bond donors (Lipinski definition) is 0. The molecule has 1 aromatic heterocycles. The molecular weight excluding hydrogens is 266 g/mol. The maximum Gasteiger partial charge on any atom is 0.213 e. The summed E-state index contributed by atoms with van der Waals surface area (Å²) in [6.45, 7) is 2.65. The van der Waals surface area contributed by atoms with Crippen LogP contribution in [0.4, 0.5) is 0 Å². The highest BCUT2D eigenvalue weighted by Crippen LogP contribution is 2.38. The van der Waals surface area contributed by atoms with E-state index >= 15 is 0 Å². The van der Waals surface area contributed by atoms with E-state index in [4.69, 9.17) is 13.9 Å². The maximum absolute atomic E-state index is 6.21. The molecule has 0 amide bonds. The fourth-order valence-electron chi connectivity index (χ4n) is 3.04. The molecule has 110 valence electrons. The van der Waals surface area contributed by atoms with E-state index < -0.39 is 5.79 Å².